The maximum Gasteiger partial charge on any atom is 0.253 e. The fraction of sp³-hybridized carbons (Fsp3) is 0.423. The van der Waals surface area contributed by atoms with Crippen LogP contribution in [0.5, 0.6) is 0 Å². The van der Waals surface area contributed by atoms with Gasteiger partial charge >= 0.3 is 0 Å². The Balaban J connectivity index is 1.52. The minimum Gasteiger partial charge on any atom is -0.373 e. The molecular formula is C26H32F3N5O3S. The summed E-state index contributed by atoms with van der Waals surface area (Å²) in [7, 11) is 0. The van der Waals surface area contributed by atoms with Gasteiger partial charge in [0.15, 0.2) is 17.0 Å². The first-order valence-electron chi connectivity index (χ1n) is 12.2. The maximum atomic E-state index is 13.9. The molecule has 0 radical (unpaired) electrons. The largest absolute Gasteiger partial charge is 0.373 e. The SMILES string of the molecule is CC(C)C(Nc1ccc(CNC(=O)C2SCCN2C(=O)CC(N)Cc2cc(F)c(F)cc2F)cc1)C(N)=O. The van der Waals surface area contributed by atoms with E-state index in [1.165, 1.54) is 16.7 Å². The first kappa shape index (κ1) is 29.3. The van der Waals surface area contributed by atoms with E-state index >= 15 is 0 Å². The summed E-state index contributed by atoms with van der Waals surface area (Å²) >= 11 is 1.32. The van der Waals surface area contributed by atoms with Gasteiger partial charge in [0.05, 0.1) is 0 Å². The van der Waals surface area contributed by atoms with E-state index < -0.39 is 40.8 Å². The smallest absolute Gasteiger partial charge is 0.253 e. The molecule has 3 rings (SSSR count). The van der Waals surface area contributed by atoms with Crippen molar-refractivity contribution in [3.63, 3.8) is 0 Å². The number of nitrogens with one attached hydrogen (secondary N) is 2. The number of nitrogens with zero attached hydrogens (tertiary/aromatic N) is 1. The molecule has 3 amide bonds. The molecule has 0 aromatic heterocycles. The Bertz CT molecular complexity index is 1170. The first-order chi connectivity index (χ1) is 18.0. The lowest BCUT2D eigenvalue weighted by atomic mass is 10.0. The summed E-state index contributed by atoms with van der Waals surface area (Å²) in [6, 6.07) is 7.03. The van der Waals surface area contributed by atoms with Crippen LogP contribution in [0.1, 0.15) is 31.4 Å². The van der Waals surface area contributed by atoms with E-state index in [1.807, 2.05) is 26.0 Å². The van der Waals surface area contributed by atoms with Gasteiger partial charge < -0.3 is 27.0 Å². The molecule has 2 aromatic rings. The van der Waals surface area contributed by atoms with Crippen molar-refractivity contribution in [2.75, 3.05) is 17.6 Å². The molecule has 206 valence electrons. The molecule has 1 aliphatic rings. The molecule has 6 N–H and O–H groups in total. The lowest BCUT2D eigenvalue weighted by Gasteiger charge is -2.24. The minimum absolute atomic E-state index is 0.0164. The van der Waals surface area contributed by atoms with Gasteiger partial charge in [0.2, 0.25) is 11.8 Å². The van der Waals surface area contributed by atoms with Crippen molar-refractivity contribution < 1.29 is 27.6 Å². The van der Waals surface area contributed by atoms with Crippen molar-refractivity contribution in [2.45, 2.75) is 50.7 Å². The number of hydrogen-bond acceptors (Lipinski definition) is 6. The van der Waals surface area contributed by atoms with E-state index in [0.717, 1.165) is 17.3 Å². The van der Waals surface area contributed by atoms with Gasteiger partial charge in [-0.05, 0) is 41.7 Å². The summed E-state index contributed by atoms with van der Waals surface area (Å²) in [5, 5.41) is 5.19. The van der Waals surface area contributed by atoms with Gasteiger partial charge in [0, 0.05) is 43.1 Å². The molecule has 12 heteroatoms. The summed E-state index contributed by atoms with van der Waals surface area (Å²) < 4.78 is 40.5. The van der Waals surface area contributed by atoms with Gasteiger partial charge in [0.1, 0.15) is 11.9 Å². The third-order valence-electron chi connectivity index (χ3n) is 6.16. The zero-order valence-corrected chi connectivity index (χ0v) is 22.0. The van der Waals surface area contributed by atoms with Crippen LogP contribution in [0.3, 0.4) is 0 Å². The van der Waals surface area contributed by atoms with Crippen molar-refractivity contribution >= 4 is 35.2 Å². The average molecular weight is 552 g/mol. The highest BCUT2D eigenvalue weighted by molar-refractivity contribution is 8.00. The van der Waals surface area contributed by atoms with E-state index in [2.05, 4.69) is 10.6 Å². The number of carbonyl (C=O) groups excluding carboxylic acids is 3. The number of thioether (sulfide) groups is 1. The fourth-order valence-corrected chi connectivity index (χ4v) is 5.26. The van der Waals surface area contributed by atoms with Crippen molar-refractivity contribution in [1.82, 2.24) is 10.2 Å². The zero-order chi connectivity index (χ0) is 28.0. The van der Waals surface area contributed by atoms with Crippen LogP contribution in [0.2, 0.25) is 0 Å². The monoisotopic (exact) mass is 551 g/mol. The predicted molar refractivity (Wildman–Crippen MR) is 140 cm³/mol. The normalized spacial score (nSPS) is 16.8. The molecule has 38 heavy (non-hydrogen) atoms. The molecule has 0 saturated carbocycles. The van der Waals surface area contributed by atoms with Crippen molar-refractivity contribution in [3.8, 4) is 0 Å². The second-order valence-electron chi connectivity index (χ2n) is 9.52. The molecule has 1 fully saturated rings. The van der Waals surface area contributed by atoms with Crippen LogP contribution < -0.4 is 22.1 Å². The Morgan fingerprint density at radius 2 is 1.74 bits per heavy atom. The fourth-order valence-electron chi connectivity index (χ4n) is 4.10. The van der Waals surface area contributed by atoms with Crippen LogP contribution in [0, 0.1) is 23.4 Å². The number of halogens is 3. The predicted octanol–water partition coefficient (Wildman–Crippen LogP) is 2.50. The molecule has 3 unspecified atom stereocenters. The summed E-state index contributed by atoms with van der Waals surface area (Å²) in [4.78, 5) is 38.7. The van der Waals surface area contributed by atoms with Gasteiger partial charge in [-0.3, -0.25) is 14.4 Å². The minimum atomic E-state index is -1.30. The zero-order valence-electron chi connectivity index (χ0n) is 21.2. The van der Waals surface area contributed by atoms with Crippen LogP contribution in [0.4, 0.5) is 18.9 Å². The highest BCUT2D eigenvalue weighted by atomic mass is 32.2. The van der Waals surface area contributed by atoms with Crippen LogP contribution in [-0.4, -0.2) is 52.4 Å². The second kappa shape index (κ2) is 13.0. The quantitative estimate of drug-likeness (QED) is 0.318. The van der Waals surface area contributed by atoms with Crippen LogP contribution in [0.25, 0.3) is 0 Å². The molecule has 1 heterocycles. The summed E-state index contributed by atoms with van der Waals surface area (Å²) in [6.45, 7) is 4.37. The molecule has 1 aliphatic heterocycles. The van der Waals surface area contributed by atoms with Crippen LogP contribution in [-0.2, 0) is 27.3 Å². The first-order valence-corrected chi connectivity index (χ1v) is 13.2. The number of anilines is 1. The summed E-state index contributed by atoms with van der Waals surface area (Å²) in [6.07, 6.45) is -0.339. The highest BCUT2D eigenvalue weighted by Gasteiger charge is 2.35. The Kier molecular flexibility index (Phi) is 10.0. The number of carbonyl (C=O) groups is 3. The third-order valence-corrected chi connectivity index (χ3v) is 7.36. The molecule has 8 nitrogen and oxygen atoms in total. The van der Waals surface area contributed by atoms with Crippen molar-refractivity contribution in [1.29, 1.82) is 0 Å². The van der Waals surface area contributed by atoms with Gasteiger partial charge in [-0.2, -0.15) is 0 Å². The molecule has 0 spiro atoms. The van der Waals surface area contributed by atoms with Crippen molar-refractivity contribution in [3.05, 3.63) is 65.0 Å². The molecule has 2 aromatic carbocycles. The Hall–Kier alpha value is -3.25. The summed E-state index contributed by atoms with van der Waals surface area (Å²) in [5.41, 5.74) is 12.9. The Labute approximate surface area is 223 Å². The summed E-state index contributed by atoms with van der Waals surface area (Å²) in [5.74, 6) is -4.00. The van der Waals surface area contributed by atoms with Gasteiger partial charge in [0.25, 0.3) is 5.91 Å². The molecular weight excluding hydrogens is 519 g/mol. The highest BCUT2D eigenvalue weighted by Crippen LogP contribution is 2.25. The van der Waals surface area contributed by atoms with Gasteiger partial charge in [-0.1, -0.05) is 26.0 Å². The Morgan fingerprint density at radius 3 is 2.37 bits per heavy atom. The van der Waals surface area contributed by atoms with E-state index in [-0.39, 0.29) is 42.7 Å². The van der Waals surface area contributed by atoms with Crippen molar-refractivity contribution in [2.24, 2.45) is 17.4 Å². The molecule has 1 saturated heterocycles. The number of hydrogen-bond donors (Lipinski definition) is 4. The lowest BCUT2D eigenvalue weighted by Crippen LogP contribution is -2.46. The van der Waals surface area contributed by atoms with Crippen LogP contribution in [0.15, 0.2) is 36.4 Å². The van der Waals surface area contributed by atoms with Gasteiger partial charge in [-0.25, -0.2) is 13.2 Å². The van der Waals surface area contributed by atoms with Gasteiger partial charge in [-0.15, -0.1) is 11.8 Å². The standard InChI is InChI=1S/C26H32F3N5O3S/c1-14(2)23(24(31)36)33-18-5-3-15(4-6-18)13-32-25(37)26-34(7-8-38-26)22(35)11-17(30)9-16-10-20(28)21(29)12-19(16)27/h3-6,10,12,14,17,23,26,33H,7-9,11,13,30H2,1-2H3,(H2,31,36)(H,32,37). The van der Waals surface area contributed by atoms with E-state index in [4.69, 9.17) is 11.5 Å². The number of rotatable bonds is 11. The van der Waals surface area contributed by atoms with E-state index in [0.29, 0.717) is 18.4 Å². The maximum absolute atomic E-state index is 13.9. The Morgan fingerprint density at radius 1 is 1.08 bits per heavy atom. The van der Waals surface area contributed by atoms with Crippen LogP contribution >= 0.6 is 11.8 Å². The molecule has 3 atom stereocenters. The number of primary amides is 1. The number of nitrogens with two attached hydrogens (primary N) is 2. The van der Waals surface area contributed by atoms with E-state index in [1.54, 1.807) is 12.1 Å². The average Bonchev–Trinajstić information content (AvgIpc) is 3.35. The second-order valence-corrected chi connectivity index (χ2v) is 10.7. The number of amides is 3. The topological polar surface area (TPSA) is 131 Å². The lowest BCUT2D eigenvalue weighted by molar-refractivity contribution is -0.136. The third kappa shape index (κ3) is 7.64. The molecule has 0 bridgehead atoms. The van der Waals surface area contributed by atoms with E-state index in [9.17, 15) is 27.6 Å². The number of benzene rings is 2. The molecule has 0 aliphatic carbocycles.